The summed E-state index contributed by atoms with van der Waals surface area (Å²) < 4.78 is 0. The molecule has 0 aliphatic heterocycles. The zero-order chi connectivity index (χ0) is 12.8. The largest absolute Gasteiger partial charge is 0.330 e. The van der Waals surface area contributed by atoms with Crippen LogP contribution in [-0.4, -0.2) is 12.6 Å². The van der Waals surface area contributed by atoms with E-state index in [0.29, 0.717) is 6.04 Å². The Morgan fingerprint density at radius 3 is 2.00 bits per heavy atom. The third kappa shape index (κ3) is 4.43. The molecule has 2 fully saturated rings. The summed E-state index contributed by atoms with van der Waals surface area (Å²) in [6.07, 6.45) is 7.67. The molecule has 0 saturated heterocycles. The quantitative estimate of drug-likeness (QED) is 0.842. The highest BCUT2D eigenvalue weighted by Gasteiger charge is 2.22. The average molecular weight is 246 g/mol. The Balaban J connectivity index is 0.000000134. The van der Waals surface area contributed by atoms with Gasteiger partial charge in [0.05, 0.1) is 0 Å². The Morgan fingerprint density at radius 2 is 1.50 bits per heavy atom. The summed E-state index contributed by atoms with van der Waals surface area (Å²) in [5.74, 6) is 1.68. The van der Waals surface area contributed by atoms with Crippen molar-refractivity contribution in [3.05, 3.63) is 35.9 Å². The summed E-state index contributed by atoms with van der Waals surface area (Å²) in [6.45, 7) is 0.854. The van der Waals surface area contributed by atoms with Gasteiger partial charge in [0, 0.05) is 6.04 Å². The molecule has 2 aliphatic carbocycles. The molecular weight excluding hydrogens is 220 g/mol. The molecular formula is C16H26N2. The Bertz CT molecular complexity index is 324. The van der Waals surface area contributed by atoms with Gasteiger partial charge in [0.15, 0.2) is 0 Å². The van der Waals surface area contributed by atoms with Gasteiger partial charge in [-0.2, -0.15) is 0 Å². The molecule has 0 spiro atoms. The van der Waals surface area contributed by atoms with E-state index in [0.717, 1.165) is 18.4 Å². The van der Waals surface area contributed by atoms with Gasteiger partial charge in [-0.15, -0.1) is 0 Å². The van der Waals surface area contributed by atoms with Crippen molar-refractivity contribution < 1.29 is 0 Å². The van der Waals surface area contributed by atoms with Gasteiger partial charge < -0.3 is 11.5 Å². The van der Waals surface area contributed by atoms with Gasteiger partial charge in [0.2, 0.25) is 0 Å². The van der Waals surface area contributed by atoms with Gasteiger partial charge in [-0.25, -0.2) is 0 Å². The van der Waals surface area contributed by atoms with E-state index in [1.165, 1.54) is 44.1 Å². The molecule has 4 N–H and O–H groups in total. The van der Waals surface area contributed by atoms with E-state index in [1.807, 2.05) is 0 Å². The van der Waals surface area contributed by atoms with E-state index in [9.17, 15) is 0 Å². The van der Waals surface area contributed by atoms with E-state index >= 15 is 0 Å². The van der Waals surface area contributed by atoms with Crippen molar-refractivity contribution in [1.29, 1.82) is 0 Å². The van der Waals surface area contributed by atoms with Gasteiger partial charge in [0.1, 0.15) is 0 Å². The summed E-state index contributed by atoms with van der Waals surface area (Å²) in [5.41, 5.74) is 12.7. The van der Waals surface area contributed by atoms with Crippen LogP contribution >= 0.6 is 0 Å². The zero-order valence-electron chi connectivity index (χ0n) is 11.2. The second-order valence-electron chi connectivity index (χ2n) is 5.70. The molecule has 0 radical (unpaired) electrons. The van der Waals surface area contributed by atoms with E-state index in [2.05, 4.69) is 30.3 Å². The second kappa shape index (κ2) is 6.91. The van der Waals surface area contributed by atoms with Crippen LogP contribution in [0.25, 0.3) is 0 Å². The number of benzene rings is 1. The highest BCUT2D eigenvalue weighted by atomic mass is 14.6. The molecule has 0 amide bonds. The van der Waals surface area contributed by atoms with Gasteiger partial charge in [-0.1, -0.05) is 30.3 Å². The van der Waals surface area contributed by atoms with Crippen LogP contribution in [0.3, 0.4) is 0 Å². The van der Waals surface area contributed by atoms with Crippen molar-refractivity contribution in [3.8, 4) is 0 Å². The highest BCUT2D eigenvalue weighted by Crippen LogP contribution is 2.39. The normalized spacial score (nSPS) is 27.2. The van der Waals surface area contributed by atoms with E-state index in [4.69, 9.17) is 11.5 Å². The standard InChI is InChI=1S/C9H10.C7H16N2/c1-2-4-8(5-3-1)9-6-7-9;8-5-6-1-3-7(9)4-2-6/h1-5,9H,6-7H2;6-7H,1-5,8-9H2. The summed E-state index contributed by atoms with van der Waals surface area (Å²) in [5, 5.41) is 0. The predicted molar refractivity (Wildman–Crippen MR) is 77.4 cm³/mol. The summed E-state index contributed by atoms with van der Waals surface area (Å²) in [6, 6.07) is 11.2. The molecule has 0 atom stereocenters. The van der Waals surface area contributed by atoms with Crippen molar-refractivity contribution in [3.63, 3.8) is 0 Å². The van der Waals surface area contributed by atoms with Gasteiger partial charge in [-0.3, -0.25) is 0 Å². The van der Waals surface area contributed by atoms with E-state index in [-0.39, 0.29) is 0 Å². The molecule has 3 rings (SSSR count). The number of hydrogen-bond acceptors (Lipinski definition) is 2. The number of hydrogen-bond donors (Lipinski definition) is 2. The summed E-state index contributed by atoms with van der Waals surface area (Å²) in [4.78, 5) is 0. The fourth-order valence-electron chi connectivity index (χ4n) is 2.57. The number of nitrogens with two attached hydrogens (primary N) is 2. The molecule has 0 heterocycles. The van der Waals surface area contributed by atoms with Gasteiger partial charge in [0.25, 0.3) is 0 Å². The van der Waals surface area contributed by atoms with Gasteiger partial charge in [-0.05, 0) is 62.5 Å². The maximum Gasteiger partial charge on any atom is 0.00390 e. The lowest BCUT2D eigenvalue weighted by atomic mass is 9.87. The van der Waals surface area contributed by atoms with Crippen LogP contribution in [0.15, 0.2) is 30.3 Å². The molecule has 0 aromatic heterocycles. The molecule has 0 unspecified atom stereocenters. The lowest BCUT2D eigenvalue weighted by molar-refractivity contribution is 0.333. The monoisotopic (exact) mass is 246 g/mol. The van der Waals surface area contributed by atoms with Crippen molar-refractivity contribution in [2.45, 2.75) is 50.5 Å². The maximum absolute atomic E-state index is 5.71. The van der Waals surface area contributed by atoms with Crippen LogP contribution in [0.4, 0.5) is 0 Å². The topological polar surface area (TPSA) is 52.0 Å². The molecule has 1 aromatic carbocycles. The smallest absolute Gasteiger partial charge is 0.00390 e. The molecule has 2 heteroatoms. The molecule has 1 aromatic rings. The molecule has 2 saturated carbocycles. The van der Waals surface area contributed by atoms with Crippen molar-refractivity contribution >= 4 is 0 Å². The third-order valence-electron chi connectivity index (χ3n) is 4.07. The molecule has 0 bridgehead atoms. The minimum atomic E-state index is 0.466. The van der Waals surface area contributed by atoms with E-state index in [1.54, 1.807) is 0 Å². The van der Waals surface area contributed by atoms with Crippen LogP contribution in [0.1, 0.15) is 50.0 Å². The van der Waals surface area contributed by atoms with Crippen LogP contribution in [0, 0.1) is 5.92 Å². The number of rotatable bonds is 2. The fourth-order valence-corrected chi connectivity index (χ4v) is 2.57. The first-order valence-corrected chi connectivity index (χ1v) is 7.30. The minimum Gasteiger partial charge on any atom is -0.330 e. The average Bonchev–Trinajstić information content (AvgIpc) is 3.26. The maximum atomic E-state index is 5.71. The third-order valence-corrected chi connectivity index (χ3v) is 4.07. The zero-order valence-corrected chi connectivity index (χ0v) is 11.2. The lowest BCUT2D eigenvalue weighted by Crippen LogP contribution is -2.29. The van der Waals surface area contributed by atoms with Crippen molar-refractivity contribution in [2.75, 3.05) is 6.54 Å². The Kier molecular flexibility index (Phi) is 5.21. The first-order chi connectivity index (χ1) is 8.79. The predicted octanol–water partition coefficient (Wildman–Crippen LogP) is 3.03. The molecule has 18 heavy (non-hydrogen) atoms. The van der Waals surface area contributed by atoms with Crippen LogP contribution in [0.2, 0.25) is 0 Å². The fraction of sp³-hybridized carbons (Fsp3) is 0.625. The lowest BCUT2D eigenvalue weighted by Gasteiger charge is -2.24. The van der Waals surface area contributed by atoms with Crippen molar-refractivity contribution in [1.82, 2.24) is 0 Å². The van der Waals surface area contributed by atoms with E-state index < -0.39 is 0 Å². The highest BCUT2D eigenvalue weighted by molar-refractivity contribution is 5.22. The second-order valence-corrected chi connectivity index (χ2v) is 5.70. The molecule has 2 aliphatic rings. The minimum absolute atomic E-state index is 0.466. The first-order valence-electron chi connectivity index (χ1n) is 7.30. The van der Waals surface area contributed by atoms with Crippen LogP contribution in [-0.2, 0) is 0 Å². The first kappa shape index (κ1) is 13.6. The molecule has 2 nitrogen and oxygen atoms in total. The molecule has 100 valence electrons. The summed E-state index contributed by atoms with van der Waals surface area (Å²) in [7, 11) is 0. The van der Waals surface area contributed by atoms with Crippen LogP contribution in [0.5, 0.6) is 0 Å². The Morgan fingerprint density at radius 1 is 0.889 bits per heavy atom. The SMILES string of the molecule is NCC1CCC(N)CC1.c1ccc(C2CC2)cc1. The van der Waals surface area contributed by atoms with Gasteiger partial charge >= 0.3 is 0 Å². The summed E-state index contributed by atoms with van der Waals surface area (Å²) >= 11 is 0. The Labute approximate surface area is 111 Å². The Hall–Kier alpha value is -0.860. The van der Waals surface area contributed by atoms with Crippen molar-refractivity contribution in [2.24, 2.45) is 17.4 Å². The van der Waals surface area contributed by atoms with Crippen LogP contribution < -0.4 is 11.5 Å².